The first-order valence-corrected chi connectivity index (χ1v) is 6.40. The molecule has 0 amide bonds. The van der Waals surface area contributed by atoms with Gasteiger partial charge in [-0.15, -0.1) is 0 Å². The Hall–Kier alpha value is -0.0900. The third-order valence-electron chi connectivity index (χ3n) is 3.39. The molecule has 23 heavy (non-hydrogen) atoms. The molecule has 1 aliphatic heterocycles. The first-order chi connectivity index (χ1) is 9.77. The minimum absolute atomic E-state index is 0.0488. The van der Waals surface area contributed by atoms with E-state index in [0.29, 0.717) is 0 Å². The van der Waals surface area contributed by atoms with Gasteiger partial charge in [0.05, 0.1) is 0 Å². The summed E-state index contributed by atoms with van der Waals surface area (Å²) in [7, 11) is 0.0488. The Labute approximate surface area is 135 Å². The van der Waals surface area contributed by atoms with Crippen molar-refractivity contribution in [3.05, 3.63) is 0 Å². The summed E-state index contributed by atoms with van der Waals surface area (Å²) in [4.78, 5) is 0. The molecule has 1 heterocycles. The van der Waals surface area contributed by atoms with Crippen LogP contribution in [-0.2, 0) is 9.47 Å². The van der Waals surface area contributed by atoms with Gasteiger partial charge in [-0.3, -0.25) is 0 Å². The first kappa shape index (κ1) is 21.0. The number of hydrogen-bond acceptors (Lipinski definition) is 3. The summed E-state index contributed by atoms with van der Waals surface area (Å²) < 4.78 is 135. The lowest BCUT2D eigenvalue weighted by molar-refractivity contribution is -0.541. The van der Waals surface area contributed by atoms with Crippen LogP contribution in [0.5, 0.6) is 0 Å². The molecule has 3 unspecified atom stereocenters. The molecule has 0 spiro atoms. The summed E-state index contributed by atoms with van der Waals surface area (Å²) in [6.45, 7) is -0.592. The summed E-state index contributed by atoms with van der Waals surface area (Å²) in [5, 5.41) is 9.12. The van der Waals surface area contributed by atoms with Crippen LogP contribution in [0.2, 0.25) is 0 Å². The van der Waals surface area contributed by atoms with Gasteiger partial charge in [0.25, 0.3) is 3.61 Å². The lowest BCUT2D eigenvalue weighted by Crippen LogP contribution is -2.85. The second kappa shape index (κ2) is 4.97. The highest BCUT2D eigenvalue weighted by atomic mass is 127. The Morgan fingerprint density at radius 3 is 1.57 bits per heavy atom. The first-order valence-electron chi connectivity index (χ1n) is 5.32. The Morgan fingerprint density at radius 1 is 0.913 bits per heavy atom. The van der Waals surface area contributed by atoms with Crippen molar-refractivity contribution in [1.82, 2.24) is 0 Å². The second-order valence-electron chi connectivity index (χ2n) is 4.72. The van der Waals surface area contributed by atoms with E-state index in [-0.39, 0.29) is 29.7 Å². The molecule has 1 fully saturated rings. The fourth-order valence-electron chi connectivity index (χ4n) is 1.87. The topological polar surface area (TPSA) is 38.7 Å². The van der Waals surface area contributed by atoms with E-state index in [9.17, 15) is 43.9 Å². The minimum Gasteiger partial charge on any atom is -0.357 e. The molecule has 0 aromatic heterocycles. The highest BCUT2D eigenvalue weighted by Gasteiger charge is 2.94. The molecule has 1 saturated heterocycles. The molecule has 0 bridgehead atoms. The van der Waals surface area contributed by atoms with Crippen molar-refractivity contribution in [3.8, 4) is 0 Å². The van der Waals surface area contributed by atoms with Crippen LogP contribution in [0.3, 0.4) is 0 Å². The zero-order chi connectivity index (χ0) is 18.9. The molecule has 14 heteroatoms. The summed E-state index contributed by atoms with van der Waals surface area (Å²) in [6, 6.07) is 0. The van der Waals surface area contributed by atoms with Gasteiger partial charge >= 0.3 is 30.0 Å². The fourth-order valence-corrected chi connectivity index (χ4v) is 2.75. The number of halogens is 11. The van der Waals surface area contributed by atoms with Crippen molar-refractivity contribution in [1.29, 1.82) is 0 Å². The van der Waals surface area contributed by atoms with E-state index in [1.54, 1.807) is 0 Å². The molecule has 1 N–H and O–H groups in total. The summed E-state index contributed by atoms with van der Waals surface area (Å²) in [5.41, 5.74) is -5.12. The van der Waals surface area contributed by atoms with Crippen LogP contribution in [-0.4, -0.2) is 51.4 Å². The molecule has 0 radical (unpaired) electrons. The summed E-state index contributed by atoms with van der Waals surface area (Å²) in [6.07, 6.45) is -12.8. The lowest BCUT2D eigenvalue weighted by atomic mass is 9.81. The van der Waals surface area contributed by atoms with Crippen molar-refractivity contribution < 1.29 is 58.5 Å². The standard InChI is InChI=1S/C9H7F10IO3/c1-3(8(14,15)16)4(10,11)6(20,22-2)5(12,13)7(21,23-3)9(17,18)19/h21H,1-2H3. The Morgan fingerprint density at radius 2 is 1.30 bits per heavy atom. The SMILES string of the molecule is COC1(I)C(F)(F)C(C)(C(F)(F)F)OC(O)(C(F)(F)F)C1(F)F. The third-order valence-corrected chi connectivity index (χ3v) is 5.19. The predicted molar refractivity (Wildman–Crippen MR) is 60.2 cm³/mol. The summed E-state index contributed by atoms with van der Waals surface area (Å²) >= 11 is -0.0922. The zero-order valence-electron chi connectivity index (χ0n) is 10.9. The second-order valence-corrected chi connectivity index (χ2v) is 6.24. The molecule has 0 aliphatic carbocycles. The largest absolute Gasteiger partial charge is 0.449 e. The molecule has 3 atom stereocenters. The molecule has 0 aromatic carbocycles. The number of hydrogen-bond donors (Lipinski definition) is 1. The van der Waals surface area contributed by atoms with Crippen LogP contribution in [0.1, 0.15) is 6.92 Å². The van der Waals surface area contributed by atoms with Crippen LogP contribution < -0.4 is 0 Å². The maximum Gasteiger partial charge on any atom is 0.449 e. The van der Waals surface area contributed by atoms with Gasteiger partial charge in [-0.05, 0) is 29.5 Å². The Bertz CT molecular complexity index is 439. The van der Waals surface area contributed by atoms with Crippen LogP contribution in [0, 0.1) is 0 Å². The molecular formula is C9H7F10IO3. The lowest BCUT2D eigenvalue weighted by Gasteiger charge is -2.57. The number of aliphatic hydroxyl groups is 1. The average Bonchev–Trinajstić information content (AvgIpc) is 2.32. The molecule has 1 rings (SSSR count). The van der Waals surface area contributed by atoms with Crippen molar-refractivity contribution >= 4 is 22.6 Å². The quantitative estimate of drug-likeness (QED) is 0.354. The van der Waals surface area contributed by atoms with Gasteiger partial charge in [-0.1, -0.05) is 0 Å². The van der Waals surface area contributed by atoms with Crippen LogP contribution >= 0.6 is 22.6 Å². The molecule has 3 nitrogen and oxygen atoms in total. The van der Waals surface area contributed by atoms with Gasteiger partial charge in [-0.2, -0.15) is 43.9 Å². The van der Waals surface area contributed by atoms with Gasteiger partial charge in [0, 0.05) is 7.11 Å². The van der Waals surface area contributed by atoms with Crippen molar-refractivity contribution in [2.45, 2.75) is 46.1 Å². The maximum atomic E-state index is 14.1. The molecule has 0 aromatic rings. The zero-order valence-corrected chi connectivity index (χ0v) is 13.1. The summed E-state index contributed by atoms with van der Waals surface area (Å²) in [5.74, 6) is -17.6. The van der Waals surface area contributed by atoms with E-state index in [4.69, 9.17) is 5.11 Å². The number of ether oxygens (including phenoxy) is 2. The molecule has 138 valence electrons. The highest BCUT2D eigenvalue weighted by Crippen LogP contribution is 2.67. The Kier molecular flexibility index (Phi) is 4.53. The normalized spacial score (nSPS) is 41.0. The molecule has 0 saturated carbocycles. The maximum absolute atomic E-state index is 14.1. The number of rotatable bonds is 1. The average molecular weight is 480 g/mol. The highest BCUT2D eigenvalue weighted by molar-refractivity contribution is 14.1. The molecular weight excluding hydrogens is 473 g/mol. The smallest absolute Gasteiger partial charge is 0.357 e. The van der Waals surface area contributed by atoms with Gasteiger partial charge in [0.15, 0.2) is 0 Å². The van der Waals surface area contributed by atoms with Crippen molar-refractivity contribution in [3.63, 3.8) is 0 Å². The van der Waals surface area contributed by atoms with E-state index in [1.165, 1.54) is 0 Å². The fraction of sp³-hybridized carbons (Fsp3) is 1.00. The van der Waals surface area contributed by atoms with E-state index in [1.807, 2.05) is 0 Å². The van der Waals surface area contributed by atoms with Gasteiger partial charge in [0.2, 0.25) is 5.60 Å². The monoisotopic (exact) mass is 480 g/mol. The van der Waals surface area contributed by atoms with E-state index >= 15 is 0 Å². The Balaban J connectivity index is 3.87. The van der Waals surface area contributed by atoms with Crippen LogP contribution in [0.25, 0.3) is 0 Å². The van der Waals surface area contributed by atoms with E-state index < -0.39 is 46.1 Å². The van der Waals surface area contributed by atoms with Crippen molar-refractivity contribution in [2.24, 2.45) is 0 Å². The third kappa shape index (κ3) is 2.19. The van der Waals surface area contributed by atoms with Crippen molar-refractivity contribution in [2.75, 3.05) is 7.11 Å². The van der Waals surface area contributed by atoms with Gasteiger partial charge in [-0.25, -0.2) is 0 Å². The van der Waals surface area contributed by atoms with Gasteiger partial charge in [0.1, 0.15) is 0 Å². The van der Waals surface area contributed by atoms with E-state index in [2.05, 4.69) is 9.47 Å². The van der Waals surface area contributed by atoms with Crippen LogP contribution in [0.15, 0.2) is 0 Å². The molecule has 1 aliphatic rings. The van der Waals surface area contributed by atoms with Crippen LogP contribution in [0.4, 0.5) is 43.9 Å². The van der Waals surface area contributed by atoms with E-state index in [0.717, 1.165) is 0 Å². The number of alkyl halides is 11. The van der Waals surface area contributed by atoms with Gasteiger partial charge < -0.3 is 14.6 Å². The minimum atomic E-state index is -6.55. The number of methoxy groups -OCH3 is 1. The predicted octanol–water partition coefficient (Wildman–Crippen LogP) is 3.64.